The molecule has 2 N–H and O–H groups in total. The van der Waals surface area contributed by atoms with Gasteiger partial charge in [-0.3, -0.25) is 4.79 Å². The summed E-state index contributed by atoms with van der Waals surface area (Å²) in [6.07, 6.45) is 0.957. The second kappa shape index (κ2) is 6.02. The highest BCUT2D eigenvalue weighted by molar-refractivity contribution is 5.91. The number of hydrogen-bond donors (Lipinski definition) is 2. The van der Waals surface area contributed by atoms with Crippen LogP contribution < -0.4 is 10.6 Å². The van der Waals surface area contributed by atoms with E-state index in [-0.39, 0.29) is 11.9 Å². The van der Waals surface area contributed by atoms with Crippen molar-refractivity contribution in [2.24, 2.45) is 5.92 Å². The molecule has 5 heteroatoms. The molecule has 1 aliphatic rings. The lowest BCUT2D eigenvalue weighted by molar-refractivity contribution is 0.0877. The first kappa shape index (κ1) is 13.1. The molecule has 1 aliphatic heterocycles. The molecular formula is C13H20N2O3. The topological polar surface area (TPSA) is 63.5 Å². The third-order valence-electron chi connectivity index (χ3n) is 3.27. The van der Waals surface area contributed by atoms with Crippen LogP contribution in [0.1, 0.15) is 29.7 Å². The molecule has 5 nitrogen and oxygen atoms in total. The van der Waals surface area contributed by atoms with Crippen molar-refractivity contribution in [2.75, 3.05) is 20.2 Å². The van der Waals surface area contributed by atoms with Crippen LogP contribution in [0.4, 0.5) is 0 Å². The van der Waals surface area contributed by atoms with Crippen LogP contribution in [0.2, 0.25) is 0 Å². The van der Waals surface area contributed by atoms with Gasteiger partial charge in [0.05, 0.1) is 0 Å². The Morgan fingerprint density at radius 2 is 2.44 bits per heavy atom. The first-order valence-electron chi connectivity index (χ1n) is 6.30. The summed E-state index contributed by atoms with van der Waals surface area (Å²) >= 11 is 0. The van der Waals surface area contributed by atoms with Gasteiger partial charge in [0.15, 0.2) is 5.76 Å². The molecular weight excluding hydrogens is 232 g/mol. The van der Waals surface area contributed by atoms with E-state index >= 15 is 0 Å². The quantitative estimate of drug-likeness (QED) is 0.844. The molecule has 2 atom stereocenters. The van der Waals surface area contributed by atoms with Gasteiger partial charge in [-0.25, -0.2) is 0 Å². The minimum atomic E-state index is -0.142. The van der Waals surface area contributed by atoms with Gasteiger partial charge < -0.3 is 19.8 Å². The number of nitrogens with one attached hydrogen (secondary N) is 2. The number of rotatable bonds is 4. The minimum Gasteiger partial charge on any atom is -0.453 e. The number of methoxy groups -OCH3 is 1. The molecule has 0 aliphatic carbocycles. The summed E-state index contributed by atoms with van der Waals surface area (Å²) in [7, 11) is 1.60. The fraction of sp³-hybridized carbons (Fsp3) is 0.615. The first-order chi connectivity index (χ1) is 8.70. The van der Waals surface area contributed by atoms with Crippen LogP contribution in [-0.4, -0.2) is 32.1 Å². The molecule has 18 heavy (non-hydrogen) atoms. The van der Waals surface area contributed by atoms with E-state index in [1.165, 1.54) is 0 Å². The summed E-state index contributed by atoms with van der Waals surface area (Å²) in [6, 6.07) is 3.68. The molecule has 0 saturated carbocycles. The maximum atomic E-state index is 12.0. The Bertz CT molecular complexity index is 403. The van der Waals surface area contributed by atoms with E-state index in [1.54, 1.807) is 19.2 Å². The zero-order valence-electron chi connectivity index (χ0n) is 10.9. The molecule has 1 fully saturated rings. The highest BCUT2D eigenvalue weighted by atomic mass is 16.5. The van der Waals surface area contributed by atoms with Gasteiger partial charge >= 0.3 is 0 Å². The Balaban J connectivity index is 1.93. The molecule has 1 aromatic heterocycles. The van der Waals surface area contributed by atoms with Crippen LogP contribution in [0.3, 0.4) is 0 Å². The standard InChI is InChI=1S/C13H20N2O3/c1-9-7-14-6-5-11(9)15-13(16)12-4-3-10(18-12)8-17-2/h3-4,9,11,14H,5-8H2,1-2H3,(H,15,16). The molecule has 2 rings (SSSR count). The number of carbonyl (C=O) groups is 1. The third kappa shape index (κ3) is 3.11. The van der Waals surface area contributed by atoms with Crippen molar-refractivity contribution < 1.29 is 13.9 Å². The summed E-state index contributed by atoms with van der Waals surface area (Å²) in [5.41, 5.74) is 0. The summed E-state index contributed by atoms with van der Waals surface area (Å²) in [6.45, 7) is 4.41. The number of ether oxygens (including phenoxy) is 1. The second-order valence-electron chi connectivity index (χ2n) is 4.75. The second-order valence-corrected chi connectivity index (χ2v) is 4.75. The largest absolute Gasteiger partial charge is 0.453 e. The maximum Gasteiger partial charge on any atom is 0.287 e. The lowest BCUT2D eigenvalue weighted by Gasteiger charge is -2.29. The fourth-order valence-corrected chi connectivity index (χ4v) is 2.19. The number of carbonyl (C=O) groups excluding carboxylic acids is 1. The van der Waals surface area contributed by atoms with Gasteiger partial charge in [0.2, 0.25) is 0 Å². The molecule has 1 saturated heterocycles. The van der Waals surface area contributed by atoms with E-state index in [4.69, 9.17) is 9.15 Å². The van der Waals surface area contributed by atoms with Gasteiger partial charge in [0.25, 0.3) is 5.91 Å². The average molecular weight is 252 g/mol. The monoisotopic (exact) mass is 252 g/mol. The fourth-order valence-electron chi connectivity index (χ4n) is 2.19. The molecule has 0 bridgehead atoms. The normalized spacial score (nSPS) is 23.9. The number of furan rings is 1. The molecule has 1 amide bonds. The van der Waals surface area contributed by atoms with Crippen molar-refractivity contribution in [3.63, 3.8) is 0 Å². The summed E-state index contributed by atoms with van der Waals surface area (Å²) < 4.78 is 10.4. The summed E-state index contributed by atoms with van der Waals surface area (Å²) in [5, 5.41) is 6.33. The van der Waals surface area contributed by atoms with Gasteiger partial charge in [-0.2, -0.15) is 0 Å². The maximum absolute atomic E-state index is 12.0. The Labute approximate surface area is 107 Å². The third-order valence-corrected chi connectivity index (χ3v) is 3.27. The molecule has 2 heterocycles. The van der Waals surface area contributed by atoms with Crippen molar-refractivity contribution in [3.8, 4) is 0 Å². The molecule has 0 radical (unpaired) electrons. The molecule has 100 valence electrons. The van der Waals surface area contributed by atoms with E-state index in [9.17, 15) is 4.79 Å². The number of amides is 1. The van der Waals surface area contributed by atoms with E-state index < -0.39 is 0 Å². The van der Waals surface area contributed by atoms with E-state index in [1.807, 2.05) is 0 Å². The molecule has 2 unspecified atom stereocenters. The average Bonchev–Trinajstić information content (AvgIpc) is 2.81. The van der Waals surface area contributed by atoms with Crippen molar-refractivity contribution in [1.82, 2.24) is 10.6 Å². The van der Waals surface area contributed by atoms with Crippen molar-refractivity contribution in [2.45, 2.75) is 26.0 Å². The van der Waals surface area contributed by atoms with Crippen LogP contribution in [0, 0.1) is 5.92 Å². The smallest absolute Gasteiger partial charge is 0.287 e. The lowest BCUT2D eigenvalue weighted by Crippen LogP contribution is -2.48. The Morgan fingerprint density at radius 1 is 1.61 bits per heavy atom. The summed E-state index contributed by atoms with van der Waals surface area (Å²) in [4.78, 5) is 12.0. The van der Waals surface area contributed by atoms with Crippen molar-refractivity contribution in [3.05, 3.63) is 23.7 Å². The highest BCUT2D eigenvalue weighted by Crippen LogP contribution is 2.13. The van der Waals surface area contributed by atoms with Gasteiger partial charge in [-0.05, 0) is 37.6 Å². The SMILES string of the molecule is COCc1ccc(C(=O)NC2CCNCC2C)o1. The van der Waals surface area contributed by atoms with Gasteiger partial charge in [-0.15, -0.1) is 0 Å². The van der Waals surface area contributed by atoms with E-state index in [2.05, 4.69) is 17.6 Å². The van der Waals surface area contributed by atoms with E-state index in [0.29, 0.717) is 24.0 Å². The number of hydrogen-bond acceptors (Lipinski definition) is 4. The predicted molar refractivity (Wildman–Crippen MR) is 67.3 cm³/mol. The van der Waals surface area contributed by atoms with Crippen LogP contribution in [-0.2, 0) is 11.3 Å². The zero-order chi connectivity index (χ0) is 13.0. The first-order valence-corrected chi connectivity index (χ1v) is 6.30. The van der Waals surface area contributed by atoms with Gasteiger partial charge in [0.1, 0.15) is 12.4 Å². The minimum absolute atomic E-state index is 0.142. The molecule has 0 spiro atoms. The van der Waals surface area contributed by atoms with Crippen LogP contribution in [0.5, 0.6) is 0 Å². The van der Waals surface area contributed by atoms with Gasteiger partial charge in [0, 0.05) is 13.2 Å². The molecule has 0 aromatic carbocycles. The van der Waals surface area contributed by atoms with Gasteiger partial charge in [-0.1, -0.05) is 6.92 Å². The van der Waals surface area contributed by atoms with E-state index in [0.717, 1.165) is 19.5 Å². The van der Waals surface area contributed by atoms with Crippen LogP contribution in [0.25, 0.3) is 0 Å². The lowest BCUT2D eigenvalue weighted by atomic mass is 9.95. The summed E-state index contributed by atoms with van der Waals surface area (Å²) in [5.74, 6) is 1.32. The Hall–Kier alpha value is -1.33. The van der Waals surface area contributed by atoms with Crippen LogP contribution >= 0.6 is 0 Å². The van der Waals surface area contributed by atoms with Crippen molar-refractivity contribution >= 4 is 5.91 Å². The zero-order valence-corrected chi connectivity index (χ0v) is 10.9. The Kier molecular flexibility index (Phi) is 4.38. The van der Waals surface area contributed by atoms with Crippen LogP contribution in [0.15, 0.2) is 16.5 Å². The highest BCUT2D eigenvalue weighted by Gasteiger charge is 2.24. The molecule has 1 aromatic rings. The predicted octanol–water partition coefficient (Wildman–Crippen LogP) is 1.15. The number of piperidine rings is 1. The van der Waals surface area contributed by atoms with Crippen molar-refractivity contribution in [1.29, 1.82) is 0 Å². The Morgan fingerprint density at radius 3 is 3.17 bits per heavy atom.